The van der Waals surface area contributed by atoms with Crippen molar-refractivity contribution in [1.29, 1.82) is 0 Å². The summed E-state index contributed by atoms with van der Waals surface area (Å²) in [5.74, 6) is 1.68. The van der Waals surface area contributed by atoms with Crippen molar-refractivity contribution >= 4 is 0 Å². The fourth-order valence-electron chi connectivity index (χ4n) is 3.52. The quantitative estimate of drug-likeness (QED) is 0.864. The molecule has 4 rings (SSSR count). The summed E-state index contributed by atoms with van der Waals surface area (Å²) in [6, 6.07) is 10.6. The molecular weight excluding hydrogens is 288 g/mol. The van der Waals surface area contributed by atoms with Gasteiger partial charge in [-0.1, -0.05) is 35.5 Å². The second kappa shape index (κ2) is 6.10. The van der Waals surface area contributed by atoms with E-state index in [9.17, 15) is 0 Å². The Morgan fingerprint density at radius 3 is 2.57 bits per heavy atom. The van der Waals surface area contributed by atoms with E-state index < -0.39 is 0 Å². The van der Waals surface area contributed by atoms with Crippen molar-refractivity contribution in [3.63, 3.8) is 0 Å². The van der Waals surface area contributed by atoms with Crippen LogP contribution in [0.4, 0.5) is 0 Å². The standard InChI is InChI=1S/C19H24N2O2/c1-13-17(14(2)23-20-13)10-21-11-18(15-6-4-3-5-7-15)22-19(12-21)16-8-9-16/h3-7,16,18-19H,8-12H2,1-2H3/t18-,19+/m0/s1. The Morgan fingerprint density at radius 1 is 1.13 bits per heavy atom. The van der Waals surface area contributed by atoms with Crippen LogP contribution >= 0.6 is 0 Å². The molecule has 1 aliphatic heterocycles. The molecule has 1 aromatic carbocycles. The first-order valence-corrected chi connectivity index (χ1v) is 8.55. The van der Waals surface area contributed by atoms with E-state index in [4.69, 9.17) is 9.26 Å². The SMILES string of the molecule is Cc1noc(C)c1CN1C[C@@H](c2ccccc2)O[C@@H](C2CC2)C1. The van der Waals surface area contributed by atoms with Crippen molar-refractivity contribution in [2.45, 2.75) is 45.4 Å². The van der Waals surface area contributed by atoms with Crippen LogP contribution in [-0.4, -0.2) is 29.3 Å². The molecule has 1 saturated heterocycles. The first-order chi connectivity index (χ1) is 11.2. The normalized spacial score (nSPS) is 25.7. The van der Waals surface area contributed by atoms with Gasteiger partial charge in [-0.2, -0.15) is 0 Å². The molecule has 2 aromatic rings. The van der Waals surface area contributed by atoms with E-state index >= 15 is 0 Å². The summed E-state index contributed by atoms with van der Waals surface area (Å²) in [7, 11) is 0. The number of aromatic nitrogens is 1. The first kappa shape index (κ1) is 14.9. The van der Waals surface area contributed by atoms with Crippen LogP contribution in [0.2, 0.25) is 0 Å². The van der Waals surface area contributed by atoms with Crippen LogP contribution in [0.1, 0.15) is 41.5 Å². The Bertz CT molecular complexity index is 644. The van der Waals surface area contributed by atoms with Crippen LogP contribution in [0.5, 0.6) is 0 Å². The van der Waals surface area contributed by atoms with Crippen molar-refractivity contribution in [2.75, 3.05) is 13.1 Å². The maximum atomic E-state index is 6.43. The molecule has 4 nitrogen and oxygen atoms in total. The summed E-state index contributed by atoms with van der Waals surface area (Å²) in [4.78, 5) is 2.51. The van der Waals surface area contributed by atoms with Gasteiger partial charge in [-0.25, -0.2) is 0 Å². The average molecular weight is 312 g/mol. The van der Waals surface area contributed by atoms with Crippen molar-refractivity contribution in [1.82, 2.24) is 10.1 Å². The van der Waals surface area contributed by atoms with Crippen molar-refractivity contribution in [3.8, 4) is 0 Å². The highest BCUT2D eigenvalue weighted by atomic mass is 16.5. The smallest absolute Gasteiger partial charge is 0.138 e. The fourth-order valence-corrected chi connectivity index (χ4v) is 3.52. The Hall–Kier alpha value is -1.65. The van der Waals surface area contributed by atoms with Gasteiger partial charge in [-0.3, -0.25) is 4.90 Å². The number of morpholine rings is 1. The van der Waals surface area contributed by atoms with E-state index in [-0.39, 0.29) is 6.10 Å². The summed E-state index contributed by atoms with van der Waals surface area (Å²) in [5, 5.41) is 4.09. The number of nitrogens with zero attached hydrogens (tertiary/aromatic N) is 2. The molecular formula is C19H24N2O2. The molecule has 1 aliphatic carbocycles. The summed E-state index contributed by atoms with van der Waals surface area (Å²) < 4.78 is 11.8. The molecule has 4 heteroatoms. The molecule has 23 heavy (non-hydrogen) atoms. The van der Waals surface area contributed by atoms with E-state index in [1.54, 1.807) is 0 Å². The van der Waals surface area contributed by atoms with Crippen LogP contribution in [0.15, 0.2) is 34.9 Å². The van der Waals surface area contributed by atoms with Crippen LogP contribution < -0.4 is 0 Å². The van der Waals surface area contributed by atoms with Crippen LogP contribution in [0, 0.1) is 19.8 Å². The first-order valence-electron chi connectivity index (χ1n) is 8.55. The lowest BCUT2D eigenvalue weighted by atomic mass is 10.0. The van der Waals surface area contributed by atoms with Crippen LogP contribution in [-0.2, 0) is 11.3 Å². The molecule has 0 radical (unpaired) electrons. The minimum atomic E-state index is 0.163. The highest BCUT2D eigenvalue weighted by Gasteiger charge is 2.39. The van der Waals surface area contributed by atoms with Gasteiger partial charge in [0.1, 0.15) is 5.76 Å². The van der Waals surface area contributed by atoms with Gasteiger partial charge in [0, 0.05) is 25.2 Å². The summed E-state index contributed by atoms with van der Waals surface area (Å²) in [5.41, 5.74) is 3.52. The maximum absolute atomic E-state index is 6.43. The van der Waals surface area contributed by atoms with Gasteiger partial charge < -0.3 is 9.26 Å². The van der Waals surface area contributed by atoms with Crippen LogP contribution in [0.3, 0.4) is 0 Å². The Balaban J connectivity index is 1.54. The van der Waals surface area contributed by atoms with Gasteiger partial charge in [0.15, 0.2) is 0 Å². The second-order valence-electron chi connectivity index (χ2n) is 6.91. The third kappa shape index (κ3) is 3.19. The Labute approximate surface area is 137 Å². The van der Waals surface area contributed by atoms with Crippen molar-refractivity contribution in [2.24, 2.45) is 5.92 Å². The highest BCUT2D eigenvalue weighted by molar-refractivity contribution is 5.22. The van der Waals surface area contributed by atoms with Gasteiger partial charge in [0.05, 0.1) is 17.9 Å². The van der Waals surface area contributed by atoms with E-state index in [0.29, 0.717) is 6.10 Å². The predicted molar refractivity (Wildman–Crippen MR) is 88.0 cm³/mol. The van der Waals surface area contributed by atoms with Gasteiger partial charge in [-0.15, -0.1) is 0 Å². The largest absolute Gasteiger partial charge is 0.367 e. The summed E-state index contributed by atoms with van der Waals surface area (Å²) in [6.45, 7) is 6.87. The number of hydrogen-bond donors (Lipinski definition) is 0. The van der Waals surface area contributed by atoms with E-state index in [0.717, 1.165) is 37.0 Å². The maximum Gasteiger partial charge on any atom is 0.138 e. The van der Waals surface area contributed by atoms with E-state index in [1.165, 1.54) is 24.0 Å². The van der Waals surface area contributed by atoms with Gasteiger partial charge in [-0.05, 0) is 38.2 Å². The third-order valence-corrected chi connectivity index (χ3v) is 5.08. The zero-order chi connectivity index (χ0) is 15.8. The molecule has 1 saturated carbocycles. The van der Waals surface area contributed by atoms with Crippen molar-refractivity contribution in [3.05, 3.63) is 52.9 Å². The number of rotatable bonds is 4. The molecule has 2 heterocycles. The second-order valence-corrected chi connectivity index (χ2v) is 6.91. The van der Waals surface area contributed by atoms with Crippen molar-refractivity contribution < 1.29 is 9.26 Å². The number of ether oxygens (including phenoxy) is 1. The summed E-state index contributed by atoms with van der Waals surface area (Å²) in [6.07, 6.45) is 3.14. The zero-order valence-electron chi connectivity index (χ0n) is 13.9. The zero-order valence-corrected chi connectivity index (χ0v) is 13.9. The molecule has 2 fully saturated rings. The fraction of sp³-hybridized carbons (Fsp3) is 0.526. The molecule has 1 aromatic heterocycles. The topological polar surface area (TPSA) is 38.5 Å². The molecule has 122 valence electrons. The monoisotopic (exact) mass is 312 g/mol. The molecule has 0 bridgehead atoms. The molecule has 0 amide bonds. The number of aryl methyl sites for hydroxylation is 2. The molecule has 2 aliphatic rings. The lowest BCUT2D eigenvalue weighted by Gasteiger charge is -2.38. The molecule has 0 unspecified atom stereocenters. The van der Waals surface area contributed by atoms with Gasteiger partial charge in [0.2, 0.25) is 0 Å². The van der Waals surface area contributed by atoms with Crippen LogP contribution in [0.25, 0.3) is 0 Å². The van der Waals surface area contributed by atoms with Gasteiger partial charge >= 0.3 is 0 Å². The van der Waals surface area contributed by atoms with Gasteiger partial charge in [0.25, 0.3) is 0 Å². The minimum Gasteiger partial charge on any atom is -0.367 e. The predicted octanol–water partition coefficient (Wildman–Crippen LogP) is 3.64. The van der Waals surface area contributed by atoms with E-state index in [1.807, 2.05) is 13.8 Å². The Kier molecular flexibility index (Phi) is 3.95. The Morgan fingerprint density at radius 2 is 1.91 bits per heavy atom. The number of hydrogen-bond acceptors (Lipinski definition) is 4. The number of benzene rings is 1. The average Bonchev–Trinajstić information content (AvgIpc) is 3.38. The lowest BCUT2D eigenvalue weighted by Crippen LogP contribution is -2.44. The molecule has 2 atom stereocenters. The highest BCUT2D eigenvalue weighted by Crippen LogP contribution is 2.39. The summed E-state index contributed by atoms with van der Waals surface area (Å²) >= 11 is 0. The molecule has 0 N–H and O–H groups in total. The molecule has 0 spiro atoms. The van der Waals surface area contributed by atoms with E-state index in [2.05, 4.69) is 40.4 Å². The minimum absolute atomic E-state index is 0.163. The lowest BCUT2D eigenvalue weighted by molar-refractivity contribution is -0.0987. The third-order valence-electron chi connectivity index (χ3n) is 5.08.